The van der Waals surface area contributed by atoms with Gasteiger partial charge in [-0.1, -0.05) is 24.4 Å². The van der Waals surface area contributed by atoms with Gasteiger partial charge in [-0.2, -0.15) is 11.8 Å². The van der Waals surface area contributed by atoms with Crippen LogP contribution in [0.1, 0.15) is 50.5 Å². The third-order valence-electron chi connectivity index (χ3n) is 7.36. The monoisotopic (exact) mass is 490 g/mol. The number of piperidine rings is 1. The minimum Gasteiger partial charge on any atom is -0.497 e. The quantitative estimate of drug-likeness (QED) is 0.446. The summed E-state index contributed by atoms with van der Waals surface area (Å²) in [5.74, 6) is 1.21. The highest BCUT2D eigenvalue weighted by atomic mass is 35.5. The van der Waals surface area contributed by atoms with Crippen molar-refractivity contribution in [2.24, 2.45) is 11.8 Å². The number of benzene rings is 1. The molecule has 1 aliphatic heterocycles. The summed E-state index contributed by atoms with van der Waals surface area (Å²) in [7, 11) is 1.66. The second kappa shape index (κ2) is 11.8. The number of fused-ring (bicyclic) bond motifs is 1. The first-order valence-electron chi connectivity index (χ1n) is 12.2. The lowest BCUT2D eigenvalue weighted by Gasteiger charge is -2.36. The number of pyridine rings is 1. The van der Waals surface area contributed by atoms with Gasteiger partial charge >= 0.3 is 5.97 Å². The zero-order valence-electron chi connectivity index (χ0n) is 19.5. The zero-order chi connectivity index (χ0) is 23.2. The average molecular weight is 491 g/mol. The second-order valence-corrected chi connectivity index (χ2v) is 11.2. The van der Waals surface area contributed by atoms with Crippen LogP contribution in [0.15, 0.2) is 24.4 Å². The Balaban J connectivity index is 1.31. The lowest BCUT2D eigenvalue weighted by molar-refractivity contribution is -0.146. The standard InChI is InChI=1S/C26H35ClN2O3S/c1-32-19-9-10-25-22(15-19)21(24(27)16-28-25)8-4-5-18-11-12-29(17-23(18)26(30)31)13-14-33-20-6-2-3-7-20/h9-10,15-16,18,20,23H,2-8,11-14,17H2,1H3,(H,30,31). The lowest BCUT2D eigenvalue weighted by Crippen LogP contribution is -2.44. The SMILES string of the molecule is COc1ccc2ncc(Cl)c(CCCC3CCN(CCSC4CCCC4)CC3C(=O)O)c2c1. The van der Waals surface area contributed by atoms with E-state index in [1.165, 1.54) is 25.7 Å². The maximum absolute atomic E-state index is 12.1. The maximum atomic E-state index is 12.1. The number of likely N-dealkylation sites (tertiary alicyclic amines) is 1. The minimum atomic E-state index is -0.648. The van der Waals surface area contributed by atoms with E-state index < -0.39 is 5.97 Å². The summed E-state index contributed by atoms with van der Waals surface area (Å²) in [4.78, 5) is 18.9. The molecule has 1 saturated heterocycles. The molecule has 2 unspecified atom stereocenters. The van der Waals surface area contributed by atoms with E-state index in [0.717, 1.165) is 72.0 Å². The van der Waals surface area contributed by atoms with Gasteiger partial charge in [-0.05, 0) is 74.8 Å². The Morgan fingerprint density at radius 2 is 2.12 bits per heavy atom. The van der Waals surface area contributed by atoms with E-state index in [4.69, 9.17) is 16.3 Å². The summed E-state index contributed by atoms with van der Waals surface area (Å²) < 4.78 is 5.38. The van der Waals surface area contributed by atoms with E-state index in [1.807, 2.05) is 18.2 Å². The van der Waals surface area contributed by atoms with Crippen LogP contribution in [0.5, 0.6) is 5.75 Å². The fourth-order valence-corrected chi connectivity index (χ4v) is 7.03. The highest BCUT2D eigenvalue weighted by Crippen LogP contribution is 2.33. The van der Waals surface area contributed by atoms with Crippen molar-refractivity contribution in [3.8, 4) is 5.75 Å². The van der Waals surface area contributed by atoms with E-state index in [1.54, 1.807) is 13.3 Å². The third kappa shape index (κ3) is 6.34. The molecule has 0 spiro atoms. The fraction of sp³-hybridized carbons (Fsp3) is 0.615. The van der Waals surface area contributed by atoms with Gasteiger partial charge in [0.1, 0.15) is 5.75 Å². The predicted molar refractivity (Wildman–Crippen MR) is 137 cm³/mol. The van der Waals surface area contributed by atoms with E-state index in [0.29, 0.717) is 11.6 Å². The van der Waals surface area contributed by atoms with Crippen LogP contribution in [0.25, 0.3) is 10.9 Å². The van der Waals surface area contributed by atoms with Gasteiger partial charge in [0.2, 0.25) is 0 Å². The van der Waals surface area contributed by atoms with Crippen LogP contribution in [0.3, 0.4) is 0 Å². The first kappa shape index (κ1) is 24.6. The number of methoxy groups -OCH3 is 1. The molecule has 33 heavy (non-hydrogen) atoms. The zero-order valence-corrected chi connectivity index (χ0v) is 21.0. The molecule has 2 heterocycles. The Labute approximate surface area is 206 Å². The molecule has 2 aromatic rings. The molecule has 1 aliphatic carbocycles. The highest BCUT2D eigenvalue weighted by Gasteiger charge is 2.33. The summed E-state index contributed by atoms with van der Waals surface area (Å²) in [5, 5.41) is 12.4. The number of aliphatic carboxylic acids is 1. The number of nitrogens with zero attached hydrogens (tertiary/aromatic N) is 2. The Kier molecular flexibility index (Phi) is 8.78. The van der Waals surface area contributed by atoms with Crippen molar-refractivity contribution in [1.82, 2.24) is 9.88 Å². The van der Waals surface area contributed by atoms with E-state index in [9.17, 15) is 9.90 Å². The van der Waals surface area contributed by atoms with Crippen molar-refractivity contribution in [2.45, 2.75) is 56.6 Å². The fourth-order valence-electron chi connectivity index (χ4n) is 5.42. The van der Waals surface area contributed by atoms with Gasteiger partial charge in [0.15, 0.2) is 0 Å². The molecule has 4 rings (SSSR count). The van der Waals surface area contributed by atoms with Crippen molar-refractivity contribution in [1.29, 1.82) is 0 Å². The number of rotatable bonds is 10. The molecule has 1 aromatic carbocycles. The molecule has 1 N–H and O–H groups in total. The van der Waals surface area contributed by atoms with Crippen LogP contribution in [-0.2, 0) is 11.2 Å². The van der Waals surface area contributed by atoms with Gasteiger partial charge in [-0.15, -0.1) is 0 Å². The minimum absolute atomic E-state index is 0.225. The Hall–Kier alpha value is -1.50. The molecular weight excluding hydrogens is 456 g/mol. The molecule has 1 aromatic heterocycles. The molecule has 0 bridgehead atoms. The maximum Gasteiger partial charge on any atom is 0.308 e. The predicted octanol–water partition coefficient (Wildman–Crippen LogP) is 5.92. The summed E-state index contributed by atoms with van der Waals surface area (Å²) in [5.41, 5.74) is 1.98. The molecule has 1 saturated carbocycles. The van der Waals surface area contributed by atoms with Crippen LogP contribution >= 0.6 is 23.4 Å². The van der Waals surface area contributed by atoms with Gasteiger partial charge in [-0.3, -0.25) is 9.78 Å². The molecule has 0 amide bonds. The number of hydrogen-bond acceptors (Lipinski definition) is 5. The molecule has 2 aliphatic rings. The van der Waals surface area contributed by atoms with Crippen LogP contribution in [0, 0.1) is 11.8 Å². The van der Waals surface area contributed by atoms with Crippen molar-refractivity contribution in [3.05, 3.63) is 35.0 Å². The molecule has 7 heteroatoms. The van der Waals surface area contributed by atoms with Crippen molar-refractivity contribution >= 4 is 40.2 Å². The van der Waals surface area contributed by atoms with Crippen LogP contribution in [0.4, 0.5) is 0 Å². The molecule has 2 atom stereocenters. The third-order valence-corrected chi connectivity index (χ3v) is 9.04. The van der Waals surface area contributed by atoms with Gasteiger partial charge in [0.25, 0.3) is 0 Å². The van der Waals surface area contributed by atoms with E-state index >= 15 is 0 Å². The van der Waals surface area contributed by atoms with Crippen molar-refractivity contribution in [3.63, 3.8) is 0 Å². The van der Waals surface area contributed by atoms with Gasteiger partial charge in [0, 0.05) is 35.7 Å². The summed E-state index contributed by atoms with van der Waals surface area (Å²) >= 11 is 8.60. The smallest absolute Gasteiger partial charge is 0.308 e. The Bertz CT molecular complexity index is 951. The van der Waals surface area contributed by atoms with Crippen molar-refractivity contribution < 1.29 is 14.6 Å². The summed E-state index contributed by atoms with van der Waals surface area (Å²) in [6.45, 7) is 2.70. The molecule has 2 fully saturated rings. The number of thioether (sulfide) groups is 1. The summed E-state index contributed by atoms with van der Waals surface area (Å²) in [6.07, 6.45) is 10.8. The molecule has 0 radical (unpaired) electrons. The Morgan fingerprint density at radius 1 is 1.30 bits per heavy atom. The number of carbonyl (C=O) groups is 1. The normalized spacial score (nSPS) is 22.1. The van der Waals surface area contributed by atoms with Gasteiger partial charge < -0.3 is 14.7 Å². The van der Waals surface area contributed by atoms with Crippen LogP contribution < -0.4 is 4.74 Å². The number of aryl methyl sites for hydroxylation is 1. The van der Waals surface area contributed by atoms with E-state index in [-0.39, 0.29) is 11.8 Å². The Morgan fingerprint density at radius 3 is 2.88 bits per heavy atom. The van der Waals surface area contributed by atoms with Crippen LogP contribution in [0.2, 0.25) is 5.02 Å². The number of carboxylic acid groups (broad SMARTS) is 1. The first-order valence-corrected chi connectivity index (χ1v) is 13.7. The number of hydrogen-bond donors (Lipinski definition) is 1. The van der Waals surface area contributed by atoms with E-state index in [2.05, 4.69) is 21.6 Å². The highest BCUT2D eigenvalue weighted by molar-refractivity contribution is 7.99. The molecule has 5 nitrogen and oxygen atoms in total. The topological polar surface area (TPSA) is 62.7 Å². The lowest BCUT2D eigenvalue weighted by atomic mass is 9.81. The van der Waals surface area contributed by atoms with Gasteiger partial charge in [0.05, 0.1) is 23.6 Å². The number of ether oxygens (including phenoxy) is 1. The summed E-state index contributed by atoms with van der Waals surface area (Å²) in [6, 6.07) is 5.85. The number of halogens is 1. The molecule has 180 valence electrons. The second-order valence-electron chi connectivity index (χ2n) is 9.43. The average Bonchev–Trinajstić information content (AvgIpc) is 3.34. The molecular formula is C26H35ClN2O3S. The van der Waals surface area contributed by atoms with Gasteiger partial charge in [-0.25, -0.2) is 0 Å². The number of carboxylic acids is 1. The van der Waals surface area contributed by atoms with Crippen LogP contribution in [-0.4, -0.2) is 58.7 Å². The first-order chi connectivity index (χ1) is 16.0. The number of aromatic nitrogens is 1. The largest absolute Gasteiger partial charge is 0.497 e. The van der Waals surface area contributed by atoms with Crippen molar-refractivity contribution in [2.75, 3.05) is 32.5 Å².